The summed E-state index contributed by atoms with van der Waals surface area (Å²) < 4.78 is 15.3. The van der Waals surface area contributed by atoms with Crippen molar-refractivity contribution in [3.8, 4) is 11.1 Å². The van der Waals surface area contributed by atoms with E-state index in [-0.39, 0.29) is 5.76 Å². The van der Waals surface area contributed by atoms with Crippen molar-refractivity contribution in [3.05, 3.63) is 52.6 Å². The van der Waals surface area contributed by atoms with E-state index in [0.717, 1.165) is 47.7 Å². The molecule has 0 unspecified atom stereocenters. The molecule has 1 heterocycles. The quantitative estimate of drug-likeness (QED) is 0.250. The van der Waals surface area contributed by atoms with Gasteiger partial charge in [0.2, 0.25) is 0 Å². The molecule has 0 fully saturated rings. The fourth-order valence-corrected chi connectivity index (χ4v) is 20.6. The normalized spacial score (nSPS) is 11.5. The van der Waals surface area contributed by atoms with Gasteiger partial charge in [-0.15, -0.1) is 0 Å². The molecule has 0 aliphatic heterocycles. The van der Waals surface area contributed by atoms with Crippen LogP contribution in [0.3, 0.4) is 0 Å². The Balaban J connectivity index is 2.76. The monoisotopic (exact) mass is 520 g/mol. The van der Waals surface area contributed by atoms with Gasteiger partial charge >= 0.3 is 185 Å². The van der Waals surface area contributed by atoms with Crippen molar-refractivity contribution in [1.82, 2.24) is 0 Å². The maximum absolute atomic E-state index is 12.8. The number of rotatable bonds is 12. The van der Waals surface area contributed by atoms with Crippen LogP contribution in [0.25, 0.3) is 11.1 Å². The van der Waals surface area contributed by atoms with Crippen LogP contribution in [0.1, 0.15) is 69.9 Å². The van der Waals surface area contributed by atoms with E-state index in [9.17, 15) is 9.59 Å². The van der Waals surface area contributed by atoms with Gasteiger partial charge in [-0.2, -0.15) is 0 Å². The summed E-state index contributed by atoms with van der Waals surface area (Å²) in [7, 11) is 1.36. The second kappa shape index (κ2) is 12.3. The Morgan fingerprint density at radius 2 is 1.47 bits per heavy atom. The zero-order valence-electron chi connectivity index (χ0n) is 19.0. The van der Waals surface area contributed by atoms with Gasteiger partial charge in [0.15, 0.2) is 0 Å². The van der Waals surface area contributed by atoms with E-state index in [1.54, 1.807) is 0 Å². The first-order valence-corrected chi connectivity index (χ1v) is 18.8. The van der Waals surface area contributed by atoms with Crippen molar-refractivity contribution >= 4 is 27.9 Å². The number of hydrogen-bond acceptors (Lipinski definition) is 4. The number of methoxy groups -OCH3 is 1. The van der Waals surface area contributed by atoms with Crippen molar-refractivity contribution in [2.75, 3.05) is 7.11 Å². The van der Waals surface area contributed by atoms with Gasteiger partial charge in [0.1, 0.15) is 0 Å². The third kappa shape index (κ3) is 5.99. The minimum absolute atomic E-state index is 0.168. The van der Waals surface area contributed by atoms with Crippen LogP contribution in [-0.4, -0.2) is 31.5 Å². The molecular formula is C25H36O4Sn. The van der Waals surface area contributed by atoms with Crippen molar-refractivity contribution in [2.24, 2.45) is 0 Å². The molecule has 30 heavy (non-hydrogen) atoms. The van der Waals surface area contributed by atoms with Crippen LogP contribution >= 0.6 is 0 Å². The molecule has 0 spiro atoms. The molecule has 0 atom stereocenters. The second-order valence-corrected chi connectivity index (χ2v) is 21.3. The van der Waals surface area contributed by atoms with Crippen molar-refractivity contribution in [3.63, 3.8) is 0 Å². The summed E-state index contributed by atoms with van der Waals surface area (Å²) in [5.74, 6) is -0.353. The van der Waals surface area contributed by atoms with Crippen LogP contribution in [0.15, 0.2) is 45.6 Å². The number of carbonyl (C=O) groups excluding carboxylic acids is 1. The summed E-state index contributed by atoms with van der Waals surface area (Å²) in [6.45, 7) is 6.66. The standard InChI is InChI=1S/C13H9O4.3C4H9.Sn/c1-16-13(15)11-8-7-10(12(14)17-11)9-5-3-2-4-6-9;3*1-3-4-2;/h2-7H,1H3;3*1,3-4H2,2H3;. The van der Waals surface area contributed by atoms with Gasteiger partial charge in [0.05, 0.1) is 0 Å². The summed E-state index contributed by atoms with van der Waals surface area (Å²) in [6, 6.07) is 11.6. The fourth-order valence-electron chi connectivity index (χ4n) is 4.25. The molecule has 1 aromatic carbocycles. The number of unbranched alkanes of at least 4 members (excludes halogenated alkanes) is 3. The summed E-state index contributed by atoms with van der Waals surface area (Å²) in [5.41, 5.74) is 0.932. The number of carbonyl (C=O) groups is 1. The van der Waals surface area contributed by atoms with Crippen molar-refractivity contribution < 1.29 is 13.9 Å². The third-order valence-electron chi connectivity index (χ3n) is 6.00. The molecule has 2 rings (SSSR count). The Morgan fingerprint density at radius 3 is 1.93 bits per heavy atom. The molecule has 164 valence electrons. The van der Waals surface area contributed by atoms with Crippen LogP contribution in [0.5, 0.6) is 0 Å². The van der Waals surface area contributed by atoms with Gasteiger partial charge in [0, 0.05) is 0 Å². The van der Waals surface area contributed by atoms with E-state index >= 15 is 0 Å². The molecule has 0 aliphatic carbocycles. The summed E-state index contributed by atoms with van der Waals surface area (Å²) in [5, 5.41) is 0. The number of benzene rings is 1. The molecule has 5 heteroatoms. The first kappa shape index (κ1) is 24.7. The Hall–Kier alpha value is -1.56. The van der Waals surface area contributed by atoms with Gasteiger partial charge in [-0.1, -0.05) is 0 Å². The Bertz CT molecular complexity index is 835. The molecule has 0 bridgehead atoms. The van der Waals surface area contributed by atoms with Gasteiger partial charge < -0.3 is 0 Å². The fraction of sp³-hybridized carbons (Fsp3) is 0.520. The Labute approximate surface area is 184 Å². The SMILES string of the molecule is CCC[CH2][Sn]([CH2]CCC)([CH2]CCC)[c]1cc(-c2ccccc2)c(=O)oc1C(=O)OC. The first-order valence-electron chi connectivity index (χ1n) is 11.3. The molecule has 0 radical (unpaired) electrons. The molecule has 0 N–H and O–H groups in total. The molecule has 0 saturated carbocycles. The maximum atomic E-state index is 12.8. The molecule has 4 nitrogen and oxygen atoms in total. The Kier molecular flexibility index (Phi) is 10.2. The Morgan fingerprint density at radius 1 is 0.933 bits per heavy atom. The predicted molar refractivity (Wildman–Crippen MR) is 126 cm³/mol. The van der Waals surface area contributed by atoms with Gasteiger partial charge in [0.25, 0.3) is 0 Å². The minimum atomic E-state index is -3.04. The van der Waals surface area contributed by atoms with Crippen LogP contribution in [0.2, 0.25) is 13.3 Å². The number of esters is 1. The summed E-state index contributed by atoms with van der Waals surface area (Å²) in [6.07, 6.45) is 6.87. The molecule has 0 aliphatic rings. The van der Waals surface area contributed by atoms with Gasteiger partial charge in [-0.25, -0.2) is 0 Å². The van der Waals surface area contributed by atoms with E-state index < -0.39 is 30.0 Å². The zero-order valence-corrected chi connectivity index (χ0v) is 21.8. The summed E-state index contributed by atoms with van der Waals surface area (Å²) in [4.78, 5) is 25.5. The second-order valence-electron chi connectivity index (χ2n) is 8.14. The average Bonchev–Trinajstić information content (AvgIpc) is 2.78. The summed E-state index contributed by atoms with van der Waals surface area (Å²) >= 11 is -3.04. The molecule has 1 aromatic heterocycles. The first-order chi connectivity index (χ1) is 14.5. The van der Waals surface area contributed by atoms with Crippen LogP contribution in [0, 0.1) is 0 Å². The average molecular weight is 519 g/mol. The topological polar surface area (TPSA) is 56.5 Å². The third-order valence-corrected chi connectivity index (χ3v) is 21.5. The predicted octanol–water partition coefficient (Wildman–Crippen LogP) is 6.15. The van der Waals surface area contributed by atoms with Crippen molar-refractivity contribution in [2.45, 2.75) is 72.6 Å². The van der Waals surface area contributed by atoms with Crippen molar-refractivity contribution in [1.29, 1.82) is 0 Å². The molecular weight excluding hydrogens is 483 g/mol. The number of hydrogen-bond donors (Lipinski definition) is 0. The molecule has 2 aromatic rings. The number of ether oxygens (including phenoxy) is 1. The molecule has 0 amide bonds. The zero-order chi connectivity index (χ0) is 22.0. The van der Waals surface area contributed by atoms with Crippen LogP contribution in [-0.2, 0) is 4.74 Å². The van der Waals surface area contributed by atoms with E-state index in [1.807, 2.05) is 36.4 Å². The van der Waals surface area contributed by atoms with E-state index in [1.165, 1.54) is 20.4 Å². The van der Waals surface area contributed by atoms with Gasteiger partial charge in [-0.3, -0.25) is 0 Å². The van der Waals surface area contributed by atoms with E-state index in [0.29, 0.717) is 5.56 Å². The van der Waals surface area contributed by atoms with Crippen LogP contribution in [0.4, 0.5) is 0 Å². The van der Waals surface area contributed by atoms with E-state index in [2.05, 4.69) is 20.8 Å². The van der Waals surface area contributed by atoms with Gasteiger partial charge in [-0.05, 0) is 0 Å². The van der Waals surface area contributed by atoms with E-state index in [4.69, 9.17) is 9.15 Å². The van der Waals surface area contributed by atoms with Crippen LogP contribution < -0.4 is 9.20 Å². The molecule has 0 saturated heterocycles.